The fraction of sp³-hybridized carbons (Fsp3) is 0.692. The predicted molar refractivity (Wildman–Crippen MR) is 174 cm³/mol. The van der Waals surface area contributed by atoms with Gasteiger partial charge in [0.05, 0.1) is 5.41 Å². The lowest BCUT2D eigenvalue weighted by molar-refractivity contribution is -0.230. The van der Waals surface area contributed by atoms with E-state index in [0.29, 0.717) is 24.2 Å². The van der Waals surface area contributed by atoms with Gasteiger partial charge in [0, 0.05) is 5.41 Å². The molecule has 0 aromatic heterocycles. The van der Waals surface area contributed by atoms with E-state index >= 15 is 0 Å². The maximum absolute atomic E-state index is 13.8. The van der Waals surface area contributed by atoms with Crippen LogP contribution in [0.5, 0.6) is 5.75 Å². The molecule has 4 saturated carbocycles. The average Bonchev–Trinajstić information content (AvgIpc) is 2.97. The molecule has 240 valence electrons. The fourth-order valence-electron chi connectivity index (χ4n) is 12.2. The Morgan fingerprint density at radius 2 is 1.55 bits per heavy atom. The summed E-state index contributed by atoms with van der Waals surface area (Å²) in [7, 11) is 0. The molecule has 0 amide bonds. The lowest BCUT2D eigenvalue weighted by Gasteiger charge is -2.72. The first kappa shape index (κ1) is 31.6. The summed E-state index contributed by atoms with van der Waals surface area (Å²) in [5.74, 6) is 0.908. The number of carboxylic acids is 1. The van der Waals surface area contributed by atoms with E-state index in [1.54, 1.807) is 30.3 Å². The highest BCUT2D eigenvalue weighted by atomic mass is 16.4. The predicted octanol–water partition coefficient (Wildman–Crippen LogP) is 8.45. The Labute approximate surface area is 264 Å². The number of phenols is 1. The summed E-state index contributed by atoms with van der Waals surface area (Å²) >= 11 is 0. The third-order valence-corrected chi connectivity index (χ3v) is 15.4. The molecule has 1 aromatic carbocycles. The molecule has 0 spiro atoms. The molecule has 5 aliphatic rings. The molecular weight excluding hydrogens is 548 g/mol. The number of carbonyl (C=O) groups excluding carboxylic acids is 1. The molecule has 5 heteroatoms. The van der Waals surface area contributed by atoms with Crippen LogP contribution in [0.1, 0.15) is 112 Å². The molecule has 1 aromatic rings. The van der Waals surface area contributed by atoms with Crippen LogP contribution in [0.15, 0.2) is 42.0 Å². The first-order valence-electron chi connectivity index (χ1n) is 17.2. The minimum absolute atomic E-state index is 0.0295. The highest BCUT2D eigenvalue weighted by Crippen LogP contribution is 2.76. The summed E-state index contributed by atoms with van der Waals surface area (Å²) in [5.41, 5.74) is -0.516. The van der Waals surface area contributed by atoms with Gasteiger partial charge in [-0.1, -0.05) is 78.3 Å². The van der Waals surface area contributed by atoms with E-state index in [1.165, 1.54) is 11.6 Å². The molecule has 3 N–H and O–H groups in total. The van der Waals surface area contributed by atoms with Crippen LogP contribution in [0.25, 0.3) is 6.08 Å². The van der Waals surface area contributed by atoms with Gasteiger partial charge in [0.1, 0.15) is 11.4 Å². The van der Waals surface area contributed by atoms with Gasteiger partial charge < -0.3 is 15.3 Å². The third-order valence-electron chi connectivity index (χ3n) is 15.4. The molecule has 0 aliphatic heterocycles. The van der Waals surface area contributed by atoms with Crippen molar-refractivity contribution in [2.45, 2.75) is 112 Å². The van der Waals surface area contributed by atoms with Crippen LogP contribution in [0.2, 0.25) is 0 Å². The molecule has 5 aliphatic carbocycles. The quantitative estimate of drug-likeness (QED) is 0.237. The molecule has 5 nitrogen and oxygen atoms in total. The van der Waals surface area contributed by atoms with Crippen molar-refractivity contribution in [1.29, 1.82) is 0 Å². The molecule has 4 fully saturated rings. The van der Waals surface area contributed by atoms with E-state index in [1.807, 2.05) is 0 Å². The molecule has 0 saturated heterocycles. The fourth-order valence-corrected chi connectivity index (χ4v) is 12.2. The molecule has 0 heterocycles. The van der Waals surface area contributed by atoms with Gasteiger partial charge in [-0.25, -0.2) is 0 Å². The summed E-state index contributed by atoms with van der Waals surface area (Å²) in [6, 6.07) is 6.73. The number of aliphatic carboxylic acids is 1. The number of fused-ring (bicyclic) bond motifs is 7. The monoisotopic (exact) mass is 602 g/mol. The van der Waals surface area contributed by atoms with Crippen LogP contribution in [-0.4, -0.2) is 32.7 Å². The summed E-state index contributed by atoms with van der Waals surface area (Å²) in [6.45, 7) is 16.3. The van der Waals surface area contributed by atoms with Crippen molar-refractivity contribution in [3.05, 3.63) is 47.6 Å². The highest BCUT2D eigenvalue weighted by Gasteiger charge is 2.71. The summed E-state index contributed by atoms with van der Waals surface area (Å²) in [4.78, 5) is 26.7. The van der Waals surface area contributed by atoms with Crippen molar-refractivity contribution >= 4 is 17.8 Å². The number of aromatic hydroxyl groups is 1. The van der Waals surface area contributed by atoms with Gasteiger partial charge in [-0.15, -0.1) is 0 Å². The molecule has 6 rings (SSSR count). The second-order valence-corrected chi connectivity index (χ2v) is 17.0. The largest absolute Gasteiger partial charge is 0.508 e. The topological polar surface area (TPSA) is 94.8 Å². The van der Waals surface area contributed by atoms with Crippen LogP contribution in [0.3, 0.4) is 0 Å². The third kappa shape index (κ3) is 3.99. The Hall–Kier alpha value is -2.40. The maximum Gasteiger partial charge on any atom is 0.310 e. The number of carbonyl (C=O) groups is 2. The number of benzene rings is 1. The minimum atomic E-state index is -1.45. The first-order chi connectivity index (χ1) is 20.5. The van der Waals surface area contributed by atoms with E-state index in [9.17, 15) is 24.9 Å². The van der Waals surface area contributed by atoms with Gasteiger partial charge in [0.15, 0.2) is 5.78 Å². The Bertz CT molecular complexity index is 1410. The SMILES string of the molecule is C[C@H]1[C@H](C)CC[C@]2(C(=O)O)CC[C@]3(C)C(=CC[C@@H]4[C@@]5(C)CC[C@@](O)(C(=O)C=Cc6ccc(O)cc6)C(C)(C)C5CC[C@]43C)[C@H]12. The van der Waals surface area contributed by atoms with Crippen molar-refractivity contribution in [2.75, 3.05) is 0 Å². The molecule has 0 radical (unpaired) electrons. The van der Waals surface area contributed by atoms with Crippen LogP contribution >= 0.6 is 0 Å². The molecule has 0 bridgehead atoms. The molecular formula is C39H54O5. The number of aliphatic hydroxyl groups is 1. The Morgan fingerprint density at radius 3 is 2.20 bits per heavy atom. The van der Waals surface area contributed by atoms with Gasteiger partial charge in [-0.3, -0.25) is 9.59 Å². The number of hydrogen-bond acceptors (Lipinski definition) is 4. The van der Waals surface area contributed by atoms with Gasteiger partial charge in [0.25, 0.3) is 0 Å². The zero-order valence-corrected chi connectivity index (χ0v) is 28.0. The lowest BCUT2D eigenvalue weighted by atomic mass is 9.32. The van der Waals surface area contributed by atoms with Crippen molar-refractivity contribution in [1.82, 2.24) is 0 Å². The Balaban J connectivity index is 1.34. The van der Waals surface area contributed by atoms with Crippen LogP contribution < -0.4 is 0 Å². The maximum atomic E-state index is 13.8. The second-order valence-electron chi connectivity index (χ2n) is 17.0. The van der Waals surface area contributed by atoms with Gasteiger partial charge in [-0.05, 0) is 127 Å². The molecule has 44 heavy (non-hydrogen) atoms. The number of rotatable bonds is 4. The van der Waals surface area contributed by atoms with Crippen molar-refractivity contribution in [2.24, 2.45) is 56.7 Å². The average molecular weight is 603 g/mol. The van der Waals surface area contributed by atoms with E-state index in [0.717, 1.165) is 56.9 Å². The number of hydrogen-bond donors (Lipinski definition) is 3. The van der Waals surface area contributed by atoms with Crippen molar-refractivity contribution < 1.29 is 24.9 Å². The van der Waals surface area contributed by atoms with Crippen LogP contribution in [0.4, 0.5) is 0 Å². The zero-order valence-electron chi connectivity index (χ0n) is 28.0. The number of ketones is 1. The Kier molecular flexibility index (Phi) is 7.21. The minimum Gasteiger partial charge on any atom is -0.508 e. The number of allylic oxidation sites excluding steroid dienone is 2. The summed E-state index contributed by atoms with van der Waals surface area (Å²) in [6.07, 6.45) is 13.4. The first-order valence-corrected chi connectivity index (χ1v) is 17.2. The molecule has 10 atom stereocenters. The van der Waals surface area contributed by atoms with Gasteiger partial charge in [0.2, 0.25) is 0 Å². The van der Waals surface area contributed by atoms with Gasteiger partial charge in [-0.2, -0.15) is 0 Å². The second kappa shape index (κ2) is 10.0. The molecule has 1 unspecified atom stereocenters. The van der Waals surface area contributed by atoms with Crippen molar-refractivity contribution in [3.8, 4) is 5.75 Å². The number of phenolic OH excluding ortho intramolecular Hbond substituents is 1. The summed E-state index contributed by atoms with van der Waals surface area (Å²) in [5, 5.41) is 32.5. The standard InChI is InChI=1S/C39H54O5/c1-24-16-19-38(33(42)43)22-21-36(6)28(32(38)25(24)2)13-14-30-35(5)20-23-39(44,34(3,4)29(35)17-18-37(30,36)7)31(41)15-10-26-8-11-27(40)12-9-26/h8-13,15,24-25,29-30,32,40,44H,14,16-23H2,1-7H3,(H,42,43)/t24-,25+,29?,30-,32+,35+,36-,37-,38+,39-/m1/s1. The van der Waals surface area contributed by atoms with E-state index < -0.39 is 22.4 Å². The van der Waals surface area contributed by atoms with E-state index in [-0.39, 0.29) is 39.6 Å². The highest BCUT2D eigenvalue weighted by molar-refractivity contribution is 6.00. The van der Waals surface area contributed by atoms with Crippen LogP contribution in [0, 0.1) is 56.7 Å². The van der Waals surface area contributed by atoms with E-state index in [2.05, 4.69) is 54.5 Å². The normalized spacial score (nSPS) is 46.2. The zero-order chi connectivity index (χ0) is 32.1. The van der Waals surface area contributed by atoms with E-state index in [4.69, 9.17) is 0 Å². The smallest absolute Gasteiger partial charge is 0.310 e. The summed E-state index contributed by atoms with van der Waals surface area (Å²) < 4.78 is 0. The van der Waals surface area contributed by atoms with Crippen LogP contribution in [-0.2, 0) is 9.59 Å². The Morgan fingerprint density at radius 1 is 0.864 bits per heavy atom. The van der Waals surface area contributed by atoms with Crippen molar-refractivity contribution in [3.63, 3.8) is 0 Å². The number of carboxylic acid groups (broad SMARTS) is 1. The van der Waals surface area contributed by atoms with Gasteiger partial charge >= 0.3 is 5.97 Å². The lowest BCUT2D eigenvalue weighted by Crippen LogP contribution is -2.68.